The molecule has 5 nitrogen and oxygen atoms in total. The third kappa shape index (κ3) is 3.54. The molecule has 0 aliphatic carbocycles. The molecule has 2 aromatic rings. The van der Waals surface area contributed by atoms with Gasteiger partial charge in [0.25, 0.3) is 5.91 Å². The summed E-state index contributed by atoms with van der Waals surface area (Å²) in [5, 5.41) is 0. The lowest BCUT2D eigenvalue weighted by Crippen LogP contribution is -2.39. The highest BCUT2D eigenvalue weighted by Crippen LogP contribution is 2.28. The van der Waals surface area contributed by atoms with Crippen LogP contribution in [0.5, 0.6) is 11.6 Å². The van der Waals surface area contributed by atoms with Crippen LogP contribution >= 0.6 is 15.9 Å². The van der Waals surface area contributed by atoms with Crippen LogP contribution in [-0.2, 0) is 0 Å². The average Bonchev–Trinajstić information content (AvgIpc) is 3.05. The van der Waals surface area contributed by atoms with Crippen molar-refractivity contribution in [3.8, 4) is 11.6 Å². The first-order chi connectivity index (χ1) is 11.2. The van der Waals surface area contributed by atoms with Gasteiger partial charge in [-0.05, 0) is 47.0 Å². The molecule has 3 rings (SSSR count). The number of hydrogen-bond donors (Lipinski definition) is 1. The maximum Gasteiger partial charge on any atom is 0.255 e. The molecular formula is C17H18BrN3O2. The highest BCUT2D eigenvalue weighted by molar-refractivity contribution is 9.10. The summed E-state index contributed by atoms with van der Waals surface area (Å²) in [4.78, 5) is 18.6. The van der Waals surface area contributed by atoms with E-state index in [1.807, 2.05) is 29.2 Å². The van der Waals surface area contributed by atoms with Gasteiger partial charge in [0, 0.05) is 31.4 Å². The first-order valence-electron chi connectivity index (χ1n) is 7.58. The van der Waals surface area contributed by atoms with Gasteiger partial charge in [0.1, 0.15) is 5.75 Å². The number of pyridine rings is 1. The van der Waals surface area contributed by atoms with Crippen molar-refractivity contribution in [2.45, 2.75) is 18.9 Å². The van der Waals surface area contributed by atoms with Crippen molar-refractivity contribution in [3.63, 3.8) is 0 Å². The monoisotopic (exact) mass is 375 g/mol. The van der Waals surface area contributed by atoms with Crippen LogP contribution in [0.3, 0.4) is 0 Å². The Hall–Kier alpha value is -1.92. The first-order valence-corrected chi connectivity index (χ1v) is 8.38. The molecule has 6 heteroatoms. The molecule has 0 bridgehead atoms. The number of nitrogens with two attached hydrogens (primary N) is 1. The smallest absolute Gasteiger partial charge is 0.255 e. The second-order valence-electron chi connectivity index (χ2n) is 5.45. The number of carbonyl (C=O) groups is 1. The highest BCUT2D eigenvalue weighted by atomic mass is 79.9. The molecule has 1 amide bonds. The van der Waals surface area contributed by atoms with Gasteiger partial charge >= 0.3 is 0 Å². The summed E-state index contributed by atoms with van der Waals surface area (Å²) >= 11 is 3.43. The lowest BCUT2D eigenvalue weighted by Gasteiger charge is -2.23. The lowest BCUT2D eigenvalue weighted by molar-refractivity contribution is 0.0740. The topological polar surface area (TPSA) is 68.5 Å². The molecule has 1 aromatic carbocycles. The van der Waals surface area contributed by atoms with Crippen LogP contribution in [-0.4, -0.2) is 34.9 Å². The van der Waals surface area contributed by atoms with E-state index in [9.17, 15) is 4.79 Å². The van der Waals surface area contributed by atoms with E-state index in [4.69, 9.17) is 10.5 Å². The second-order valence-corrected chi connectivity index (χ2v) is 6.30. The van der Waals surface area contributed by atoms with Crippen molar-refractivity contribution in [2.24, 2.45) is 5.73 Å². The molecule has 0 radical (unpaired) electrons. The van der Waals surface area contributed by atoms with Gasteiger partial charge in [0.15, 0.2) is 0 Å². The molecule has 1 aromatic heterocycles. The number of para-hydroxylation sites is 1. The third-order valence-corrected chi connectivity index (χ3v) is 4.60. The third-order valence-electron chi connectivity index (χ3n) is 3.94. The van der Waals surface area contributed by atoms with E-state index < -0.39 is 0 Å². The Balaban J connectivity index is 1.72. The Morgan fingerprint density at radius 3 is 2.87 bits per heavy atom. The van der Waals surface area contributed by atoms with Gasteiger partial charge in [-0.1, -0.05) is 12.1 Å². The number of amides is 1. The average molecular weight is 376 g/mol. The van der Waals surface area contributed by atoms with Gasteiger partial charge in [-0.15, -0.1) is 0 Å². The van der Waals surface area contributed by atoms with Crippen LogP contribution in [0.1, 0.15) is 23.2 Å². The zero-order valence-electron chi connectivity index (χ0n) is 12.6. The number of benzene rings is 1. The number of ether oxygens (including phenoxy) is 1. The van der Waals surface area contributed by atoms with Crippen LogP contribution < -0.4 is 10.5 Å². The van der Waals surface area contributed by atoms with Crippen molar-refractivity contribution >= 4 is 21.8 Å². The molecule has 1 aliphatic heterocycles. The number of halogens is 1. The van der Waals surface area contributed by atoms with E-state index >= 15 is 0 Å². The van der Waals surface area contributed by atoms with Crippen LogP contribution in [0, 0.1) is 0 Å². The Labute approximate surface area is 143 Å². The number of nitrogens with zero attached hydrogens (tertiary/aromatic N) is 2. The van der Waals surface area contributed by atoms with Crippen LogP contribution in [0.4, 0.5) is 0 Å². The van der Waals surface area contributed by atoms with Crippen LogP contribution in [0.25, 0.3) is 0 Å². The fourth-order valence-corrected chi connectivity index (χ4v) is 3.09. The van der Waals surface area contributed by atoms with Gasteiger partial charge in [0.2, 0.25) is 5.88 Å². The van der Waals surface area contributed by atoms with Gasteiger partial charge < -0.3 is 15.4 Å². The fraction of sp³-hybridized carbons (Fsp3) is 0.294. The summed E-state index contributed by atoms with van der Waals surface area (Å²) in [5.74, 6) is 1.12. The SMILES string of the molecule is NCC1CCCN1C(=O)c1ccc(Oc2ccccc2Br)nc1. The Kier molecular flexibility index (Phi) is 4.93. The number of aromatic nitrogens is 1. The number of rotatable bonds is 4. The quantitative estimate of drug-likeness (QED) is 0.890. The van der Waals surface area contributed by atoms with Crippen molar-refractivity contribution in [1.29, 1.82) is 0 Å². The number of carbonyl (C=O) groups excluding carboxylic acids is 1. The molecule has 0 saturated carbocycles. The molecule has 120 valence electrons. The van der Waals surface area contributed by atoms with Crippen molar-refractivity contribution in [3.05, 3.63) is 52.6 Å². The van der Waals surface area contributed by atoms with E-state index in [2.05, 4.69) is 20.9 Å². The van der Waals surface area contributed by atoms with E-state index in [1.54, 1.807) is 18.3 Å². The van der Waals surface area contributed by atoms with Crippen LogP contribution in [0.2, 0.25) is 0 Å². The van der Waals surface area contributed by atoms with E-state index in [0.717, 1.165) is 23.9 Å². The van der Waals surface area contributed by atoms with Crippen molar-refractivity contribution < 1.29 is 9.53 Å². The summed E-state index contributed by atoms with van der Waals surface area (Å²) in [6.45, 7) is 1.26. The Bertz CT molecular complexity index is 690. The number of hydrogen-bond acceptors (Lipinski definition) is 4. The molecule has 23 heavy (non-hydrogen) atoms. The Morgan fingerprint density at radius 1 is 1.35 bits per heavy atom. The van der Waals surface area contributed by atoms with Crippen molar-refractivity contribution in [2.75, 3.05) is 13.1 Å². The van der Waals surface area contributed by atoms with Gasteiger partial charge in [-0.25, -0.2) is 4.98 Å². The fourth-order valence-electron chi connectivity index (χ4n) is 2.72. The van der Waals surface area contributed by atoms with Crippen LogP contribution in [0.15, 0.2) is 47.1 Å². The molecule has 2 N–H and O–H groups in total. The normalized spacial score (nSPS) is 17.3. The predicted molar refractivity (Wildman–Crippen MR) is 91.6 cm³/mol. The van der Waals surface area contributed by atoms with E-state index in [0.29, 0.717) is 23.7 Å². The summed E-state index contributed by atoms with van der Waals surface area (Å²) in [6, 6.07) is 11.1. The molecule has 1 unspecified atom stereocenters. The minimum absolute atomic E-state index is 0.0158. The predicted octanol–water partition coefficient (Wildman–Crippen LogP) is 3.20. The van der Waals surface area contributed by atoms with E-state index in [-0.39, 0.29) is 11.9 Å². The molecule has 1 aliphatic rings. The minimum Gasteiger partial charge on any atom is -0.438 e. The molecular weight excluding hydrogens is 358 g/mol. The molecule has 1 atom stereocenters. The lowest BCUT2D eigenvalue weighted by atomic mass is 10.2. The summed E-state index contributed by atoms with van der Waals surface area (Å²) < 4.78 is 6.56. The van der Waals surface area contributed by atoms with Gasteiger partial charge in [-0.2, -0.15) is 0 Å². The minimum atomic E-state index is -0.0158. The molecule has 1 fully saturated rings. The van der Waals surface area contributed by atoms with Gasteiger partial charge in [0.05, 0.1) is 10.0 Å². The van der Waals surface area contributed by atoms with Crippen molar-refractivity contribution in [1.82, 2.24) is 9.88 Å². The zero-order valence-corrected chi connectivity index (χ0v) is 14.2. The first kappa shape index (κ1) is 16.0. The summed E-state index contributed by atoms with van der Waals surface area (Å²) in [7, 11) is 0. The zero-order chi connectivity index (χ0) is 16.2. The maximum atomic E-state index is 12.5. The molecule has 0 spiro atoms. The second kappa shape index (κ2) is 7.10. The standard InChI is InChI=1S/C17H18BrN3O2/c18-14-5-1-2-6-15(14)23-16-8-7-12(11-20-16)17(22)21-9-3-4-13(21)10-19/h1-2,5-8,11,13H,3-4,9-10,19H2. The number of likely N-dealkylation sites (tertiary alicyclic amines) is 1. The molecule has 1 saturated heterocycles. The van der Waals surface area contributed by atoms with E-state index in [1.165, 1.54) is 0 Å². The summed E-state index contributed by atoms with van der Waals surface area (Å²) in [5.41, 5.74) is 6.29. The molecule has 2 heterocycles. The largest absolute Gasteiger partial charge is 0.438 e. The Morgan fingerprint density at radius 2 is 2.17 bits per heavy atom. The van der Waals surface area contributed by atoms with Gasteiger partial charge in [-0.3, -0.25) is 4.79 Å². The summed E-state index contributed by atoms with van der Waals surface area (Å²) in [6.07, 6.45) is 3.53. The highest BCUT2D eigenvalue weighted by Gasteiger charge is 2.28. The maximum absolute atomic E-state index is 12.5.